The van der Waals surface area contributed by atoms with Crippen molar-refractivity contribution in [1.29, 1.82) is 0 Å². The van der Waals surface area contributed by atoms with Gasteiger partial charge < -0.3 is 4.42 Å². The monoisotopic (exact) mass is 237 g/mol. The topological polar surface area (TPSA) is 63.1 Å². The van der Waals surface area contributed by atoms with Gasteiger partial charge in [0.15, 0.2) is 0 Å². The first-order valence-electron chi connectivity index (χ1n) is 4.60. The third-order valence-corrected chi connectivity index (χ3v) is 2.26. The first-order valence-corrected chi connectivity index (χ1v) is 5.14. The van der Waals surface area contributed by atoms with Crippen LogP contribution in [0.25, 0.3) is 17.0 Å². The molecule has 2 rings (SSSR count). The highest BCUT2D eigenvalue weighted by Gasteiger charge is 2.02. The molecule has 1 aromatic heterocycles. The quantitative estimate of drug-likeness (QED) is 0.809. The second-order valence-electron chi connectivity index (χ2n) is 3.16. The van der Waals surface area contributed by atoms with Gasteiger partial charge in [-0.25, -0.2) is 9.59 Å². The normalized spacial score (nSPS) is 11.3. The van der Waals surface area contributed by atoms with E-state index in [-0.39, 0.29) is 0 Å². The van der Waals surface area contributed by atoms with Gasteiger partial charge in [-0.05, 0) is 17.7 Å². The lowest BCUT2D eigenvalue weighted by atomic mass is 10.1. The third-order valence-electron chi connectivity index (χ3n) is 2.09. The number of H-pyrrole nitrogens is 1. The van der Waals surface area contributed by atoms with Crippen molar-refractivity contribution in [2.45, 2.75) is 0 Å². The Morgan fingerprint density at radius 2 is 2.19 bits per heavy atom. The second-order valence-corrected chi connectivity index (χ2v) is 3.47. The van der Waals surface area contributed by atoms with E-state index in [4.69, 9.17) is 11.6 Å². The summed E-state index contributed by atoms with van der Waals surface area (Å²) in [7, 11) is 0. The highest BCUT2D eigenvalue weighted by Crippen LogP contribution is 2.10. The van der Waals surface area contributed by atoms with Gasteiger partial charge >= 0.3 is 11.4 Å². The first-order chi connectivity index (χ1) is 7.70. The van der Waals surface area contributed by atoms with Crippen LogP contribution in [0.2, 0.25) is 0 Å². The van der Waals surface area contributed by atoms with Crippen molar-refractivity contribution in [1.82, 2.24) is 4.98 Å². The van der Waals surface area contributed by atoms with Crippen molar-refractivity contribution < 1.29 is 4.42 Å². The van der Waals surface area contributed by atoms with Gasteiger partial charge in [0.1, 0.15) is 0 Å². The molecule has 1 aromatic carbocycles. The Kier molecular flexibility index (Phi) is 2.92. The molecular formula is C11H8ClNO3. The van der Waals surface area contributed by atoms with E-state index in [1.54, 1.807) is 30.4 Å². The zero-order chi connectivity index (χ0) is 11.5. The molecule has 0 amide bonds. The summed E-state index contributed by atoms with van der Waals surface area (Å²) in [4.78, 5) is 24.7. The van der Waals surface area contributed by atoms with Gasteiger partial charge in [-0.15, -0.1) is 11.6 Å². The molecule has 0 atom stereocenters. The summed E-state index contributed by atoms with van der Waals surface area (Å²) in [5.74, 6) is -0.348. The van der Waals surface area contributed by atoms with E-state index in [9.17, 15) is 9.59 Å². The van der Waals surface area contributed by atoms with Gasteiger partial charge in [-0.1, -0.05) is 18.2 Å². The predicted molar refractivity (Wildman–Crippen MR) is 62.9 cm³/mol. The number of nitrogens with one attached hydrogen (secondary N) is 1. The number of benzene rings is 1. The van der Waals surface area contributed by atoms with Crippen LogP contribution in [-0.2, 0) is 0 Å². The maximum absolute atomic E-state index is 11.4. The molecule has 4 nitrogen and oxygen atoms in total. The minimum absolute atomic E-state index is 0.344. The molecule has 1 heterocycles. The summed E-state index contributed by atoms with van der Waals surface area (Å²) in [5, 5.41) is 0.344. The fourth-order valence-electron chi connectivity index (χ4n) is 1.40. The Bertz CT molecular complexity index is 654. The fourth-order valence-corrected chi connectivity index (χ4v) is 1.49. The number of allylic oxidation sites excluding steroid dienone is 1. The number of aromatic nitrogens is 1. The van der Waals surface area contributed by atoms with E-state index in [2.05, 4.69) is 9.40 Å². The van der Waals surface area contributed by atoms with Gasteiger partial charge in [-0.2, -0.15) is 0 Å². The van der Waals surface area contributed by atoms with Crippen LogP contribution in [-0.4, -0.2) is 10.9 Å². The molecule has 1 N–H and O–H groups in total. The van der Waals surface area contributed by atoms with Crippen LogP contribution in [0.3, 0.4) is 0 Å². The van der Waals surface area contributed by atoms with Crippen LogP contribution in [0, 0.1) is 0 Å². The Labute approximate surface area is 95.2 Å². The van der Waals surface area contributed by atoms with Crippen LogP contribution in [0.1, 0.15) is 5.56 Å². The molecule has 2 aromatic rings. The maximum Gasteiger partial charge on any atom is 0.419 e. The SMILES string of the molecule is O=c1[nH]c2ccc(C=CCCl)cc2c(=O)o1. The van der Waals surface area contributed by atoms with Crippen LogP contribution in [0.15, 0.2) is 38.3 Å². The van der Waals surface area contributed by atoms with Crippen LogP contribution < -0.4 is 11.4 Å². The van der Waals surface area contributed by atoms with Gasteiger partial charge in [-0.3, -0.25) is 4.98 Å². The van der Waals surface area contributed by atoms with E-state index in [0.29, 0.717) is 16.8 Å². The number of fused-ring (bicyclic) bond motifs is 1. The van der Waals surface area contributed by atoms with Crippen LogP contribution >= 0.6 is 11.6 Å². The number of rotatable bonds is 2. The molecular weight excluding hydrogens is 230 g/mol. The highest BCUT2D eigenvalue weighted by molar-refractivity contribution is 6.19. The molecule has 82 valence electrons. The van der Waals surface area contributed by atoms with Crippen molar-refractivity contribution >= 4 is 28.6 Å². The van der Waals surface area contributed by atoms with E-state index < -0.39 is 11.4 Å². The minimum atomic E-state index is -0.749. The molecule has 0 spiro atoms. The summed E-state index contributed by atoms with van der Waals surface area (Å²) in [5.41, 5.74) is 0.650. The zero-order valence-corrected chi connectivity index (χ0v) is 8.95. The Hall–Kier alpha value is -1.81. The Morgan fingerprint density at radius 1 is 1.38 bits per heavy atom. The molecule has 0 fully saturated rings. The summed E-state index contributed by atoms with van der Waals surface area (Å²) in [6.45, 7) is 0. The van der Waals surface area contributed by atoms with Crippen LogP contribution in [0.4, 0.5) is 0 Å². The highest BCUT2D eigenvalue weighted by atomic mass is 35.5. The van der Waals surface area contributed by atoms with E-state index in [1.807, 2.05) is 0 Å². The number of aromatic amines is 1. The molecule has 0 aliphatic rings. The summed E-state index contributed by atoms with van der Waals surface area (Å²) in [6.07, 6.45) is 3.55. The smallest absolute Gasteiger partial charge is 0.372 e. The molecule has 0 aliphatic heterocycles. The maximum atomic E-state index is 11.4. The molecule has 0 aliphatic carbocycles. The second kappa shape index (κ2) is 4.37. The minimum Gasteiger partial charge on any atom is -0.372 e. The van der Waals surface area contributed by atoms with Crippen molar-refractivity contribution in [3.63, 3.8) is 0 Å². The molecule has 0 bridgehead atoms. The lowest BCUT2D eigenvalue weighted by Gasteiger charge is -1.97. The molecule has 5 heteroatoms. The third kappa shape index (κ3) is 2.06. The lowest BCUT2D eigenvalue weighted by Crippen LogP contribution is -2.14. The summed E-state index contributed by atoms with van der Waals surface area (Å²) >= 11 is 5.51. The van der Waals surface area contributed by atoms with Crippen molar-refractivity contribution in [2.24, 2.45) is 0 Å². The first kappa shape index (κ1) is 10.7. The van der Waals surface area contributed by atoms with Gasteiger partial charge in [0, 0.05) is 5.88 Å². The largest absolute Gasteiger partial charge is 0.419 e. The number of halogens is 1. The van der Waals surface area contributed by atoms with Gasteiger partial charge in [0.25, 0.3) is 0 Å². The average Bonchev–Trinajstić information content (AvgIpc) is 2.26. The predicted octanol–water partition coefficient (Wildman–Crippen LogP) is 1.73. The van der Waals surface area contributed by atoms with Crippen molar-refractivity contribution in [3.05, 3.63) is 50.8 Å². The van der Waals surface area contributed by atoms with E-state index in [0.717, 1.165) is 5.56 Å². The standard InChI is InChI=1S/C11H8ClNO3/c12-5-1-2-7-3-4-9-8(6-7)10(14)16-11(15)13-9/h1-4,6H,5H2,(H,13,15). The lowest BCUT2D eigenvalue weighted by molar-refractivity contribution is 0.460. The van der Waals surface area contributed by atoms with E-state index >= 15 is 0 Å². The van der Waals surface area contributed by atoms with Gasteiger partial charge in [0.2, 0.25) is 0 Å². The fraction of sp³-hybridized carbons (Fsp3) is 0.0909. The molecule has 0 saturated carbocycles. The Morgan fingerprint density at radius 3 is 2.94 bits per heavy atom. The molecule has 16 heavy (non-hydrogen) atoms. The summed E-state index contributed by atoms with van der Waals surface area (Å²) in [6, 6.07) is 5.07. The van der Waals surface area contributed by atoms with Gasteiger partial charge in [0.05, 0.1) is 10.9 Å². The molecule has 0 radical (unpaired) electrons. The Balaban J connectivity index is 2.67. The van der Waals surface area contributed by atoms with E-state index in [1.165, 1.54) is 0 Å². The number of hydrogen-bond acceptors (Lipinski definition) is 3. The average molecular weight is 238 g/mol. The zero-order valence-electron chi connectivity index (χ0n) is 8.20. The molecule has 0 unspecified atom stereocenters. The molecule has 0 saturated heterocycles. The number of alkyl halides is 1. The van der Waals surface area contributed by atoms with Crippen molar-refractivity contribution in [2.75, 3.05) is 5.88 Å². The summed E-state index contributed by atoms with van der Waals surface area (Å²) < 4.78 is 4.43. The number of hydrogen-bond donors (Lipinski definition) is 1. The van der Waals surface area contributed by atoms with Crippen LogP contribution in [0.5, 0.6) is 0 Å². The van der Waals surface area contributed by atoms with Crippen molar-refractivity contribution in [3.8, 4) is 0 Å².